The van der Waals surface area contributed by atoms with Crippen LogP contribution in [0.3, 0.4) is 0 Å². The molecule has 0 spiro atoms. The number of sulfone groups is 1. The molecule has 0 bridgehead atoms. The van der Waals surface area contributed by atoms with Crippen LogP contribution in [0, 0.1) is 5.92 Å². The maximum Gasteiger partial charge on any atom is 0.325 e. The van der Waals surface area contributed by atoms with Gasteiger partial charge in [-0.3, -0.25) is 4.79 Å². The lowest BCUT2D eigenvalue weighted by atomic mass is 9.74. The van der Waals surface area contributed by atoms with E-state index >= 15 is 0 Å². The standard InChI is InChI=1S/C12H13ClO4S/c1-8-6-7-12(8,11(14)15)18(16,17)10-5-3-2-4-9(10)13/h2-5,8H,6-7H2,1H3,(H,14,15). The zero-order valence-corrected chi connectivity index (χ0v) is 11.3. The Bertz CT molecular complexity index is 596. The normalized spacial score (nSPS) is 27.6. The molecule has 0 saturated heterocycles. The summed E-state index contributed by atoms with van der Waals surface area (Å²) < 4.78 is 23.4. The third kappa shape index (κ3) is 1.57. The summed E-state index contributed by atoms with van der Waals surface area (Å²) in [5.41, 5.74) is 0. The van der Waals surface area contributed by atoms with Gasteiger partial charge in [-0.05, 0) is 30.9 Å². The van der Waals surface area contributed by atoms with Crippen molar-refractivity contribution in [3.63, 3.8) is 0 Å². The maximum absolute atomic E-state index is 12.5. The molecule has 0 aromatic heterocycles. The predicted molar refractivity (Wildman–Crippen MR) is 67.4 cm³/mol. The van der Waals surface area contributed by atoms with Crippen LogP contribution in [0.4, 0.5) is 0 Å². The number of rotatable bonds is 3. The van der Waals surface area contributed by atoms with Crippen molar-refractivity contribution in [3.8, 4) is 0 Å². The Labute approximate surface area is 110 Å². The third-order valence-electron chi connectivity index (χ3n) is 3.71. The van der Waals surface area contributed by atoms with Crippen molar-refractivity contribution in [1.82, 2.24) is 0 Å². The fourth-order valence-electron chi connectivity index (χ4n) is 2.39. The smallest absolute Gasteiger partial charge is 0.325 e. The molecule has 1 aliphatic carbocycles. The van der Waals surface area contributed by atoms with Crippen LogP contribution in [0.2, 0.25) is 5.02 Å². The number of carboxylic acid groups (broad SMARTS) is 1. The lowest BCUT2D eigenvalue weighted by Gasteiger charge is -2.43. The minimum atomic E-state index is -3.97. The van der Waals surface area contributed by atoms with E-state index in [-0.39, 0.29) is 16.3 Å². The van der Waals surface area contributed by atoms with E-state index in [9.17, 15) is 18.3 Å². The monoisotopic (exact) mass is 288 g/mol. The molecule has 0 amide bonds. The number of hydrogen-bond acceptors (Lipinski definition) is 3. The Morgan fingerprint density at radius 2 is 2.06 bits per heavy atom. The van der Waals surface area contributed by atoms with Gasteiger partial charge in [0.1, 0.15) is 0 Å². The third-order valence-corrected chi connectivity index (χ3v) is 6.83. The van der Waals surface area contributed by atoms with Crippen molar-refractivity contribution in [1.29, 1.82) is 0 Å². The summed E-state index contributed by atoms with van der Waals surface area (Å²) in [4.78, 5) is 11.3. The van der Waals surface area contributed by atoms with Gasteiger partial charge < -0.3 is 5.11 Å². The van der Waals surface area contributed by atoms with Crippen LogP contribution in [-0.2, 0) is 14.6 Å². The highest BCUT2D eigenvalue weighted by atomic mass is 35.5. The summed E-state index contributed by atoms with van der Waals surface area (Å²) in [7, 11) is -3.97. The summed E-state index contributed by atoms with van der Waals surface area (Å²) in [6.07, 6.45) is 0.729. The number of halogens is 1. The van der Waals surface area contributed by atoms with Gasteiger partial charge in [-0.2, -0.15) is 0 Å². The largest absolute Gasteiger partial charge is 0.480 e. The van der Waals surface area contributed by atoms with Crippen molar-refractivity contribution in [2.75, 3.05) is 0 Å². The number of carboxylic acids is 1. The molecule has 2 rings (SSSR count). The molecule has 4 nitrogen and oxygen atoms in total. The van der Waals surface area contributed by atoms with Gasteiger partial charge in [-0.1, -0.05) is 30.7 Å². The van der Waals surface area contributed by atoms with Gasteiger partial charge in [0.05, 0.1) is 9.92 Å². The SMILES string of the molecule is CC1CCC1(C(=O)O)S(=O)(=O)c1ccccc1Cl. The van der Waals surface area contributed by atoms with Crippen molar-refractivity contribution in [2.45, 2.75) is 29.4 Å². The van der Waals surface area contributed by atoms with Gasteiger partial charge in [-0.25, -0.2) is 8.42 Å². The second-order valence-electron chi connectivity index (χ2n) is 4.57. The van der Waals surface area contributed by atoms with Crippen LogP contribution >= 0.6 is 11.6 Å². The average Bonchev–Trinajstić information content (AvgIpc) is 2.26. The minimum Gasteiger partial charge on any atom is -0.480 e. The molecule has 98 valence electrons. The van der Waals surface area contributed by atoms with Crippen LogP contribution in [0.1, 0.15) is 19.8 Å². The van der Waals surface area contributed by atoms with E-state index in [1.807, 2.05) is 0 Å². The van der Waals surface area contributed by atoms with Crippen LogP contribution < -0.4 is 0 Å². The van der Waals surface area contributed by atoms with Gasteiger partial charge in [0, 0.05) is 0 Å². The number of hydrogen-bond donors (Lipinski definition) is 1. The summed E-state index contributed by atoms with van der Waals surface area (Å²) in [6, 6.07) is 5.96. The second kappa shape index (κ2) is 4.24. The Morgan fingerprint density at radius 3 is 2.44 bits per heavy atom. The van der Waals surface area contributed by atoms with E-state index in [0.29, 0.717) is 6.42 Å². The molecular formula is C12H13ClO4S. The molecule has 1 aromatic carbocycles. The fourth-order valence-corrected chi connectivity index (χ4v) is 5.07. The molecule has 0 aliphatic heterocycles. The molecule has 18 heavy (non-hydrogen) atoms. The molecule has 0 radical (unpaired) electrons. The van der Waals surface area contributed by atoms with Crippen molar-refractivity contribution in [2.24, 2.45) is 5.92 Å². The molecule has 1 aromatic rings. The lowest BCUT2D eigenvalue weighted by Crippen LogP contribution is -2.58. The summed E-state index contributed by atoms with van der Waals surface area (Å²) in [5.74, 6) is -1.70. The van der Waals surface area contributed by atoms with Gasteiger partial charge in [-0.15, -0.1) is 0 Å². The highest BCUT2D eigenvalue weighted by Gasteiger charge is 2.61. The molecule has 1 saturated carbocycles. The molecule has 2 unspecified atom stereocenters. The zero-order chi connectivity index (χ0) is 13.6. The average molecular weight is 289 g/mol. The first-order valence-corrected chi connectivity index (χ1v) is 7.42. The number of benzene rings is 1. The van der Waals surface area contributed by atoms with Crippen LogP contribution in [0.15, 0.2) is 29.2 Å². The zero-order valence-electron chi connectivity index (χ0n) is 9.76. The van der Waals surface area contributed by atoms with Crippen molar-refractivity contribution >= 4 is 27.4 Å². The highest BCUT2D eigenvalue weighted by molar-refractivity contribution is 7.93. The van der Waals surface area contributed by atoms with Gasteiger partial charge in [0.25, 0.3) is 0 Å². The topological polar surface area (TPSA) is 71.4 Å². The van der Waals surface area contributed by atoms with Crippen LogP contribution in [-0.4, -0.2) is 24.2 Å². The van der Waals surface area contributed by atoms with Gasteiger partial charge in [0.2, 0.25) is 0 Å². The first kappa shape index (κ1) is 13.4. The first-order chi connectivity index (χ1) is 8.34. The molecule has 6 heteroatoms. The van der Waals surface area contributed by atoms with E-state index in [4.69, 9.17) is 11.6 Å². The minimum absolute atomic E-state index is 0.0669. The number of carbonyl (C=O) groups is 1. The molecule has 1 fully saturated rings. The second-order valence-corrected chi connectivity index (χ2v) is 7.15. The van der Waals surface area contributed by atoms with Crippen LogP contribution in [0.5, 0.6) is 0 Å². The first-order valence-electron chi connectivity index (χ1n) is 5.56. The molecule has 2 atom stereocenters. The summed E-state index contributed by atoms with van der Waals surface area (Å²) in [5, 5.41) is 9.39. The molecular weight excluding hydrogens is 276 g/mol. The Hall–Kier alpha value is -1.07. The lowest BCUT2D eigenvalue weighted by molar-refractivity contribution is -0.144. The van der Waals surface area contributed by atoms with E-state index in [0.717, 1.165) is 0 Å². The van der Waals surface area contributed by atoms with Crippen molar-refractivity contribution in [3.05, 3.63) is 29.3 Å². The Kier molecular flexibility index (Phi) is 3.15. The predicted octanol–water partition coefficient (Wildman–Crippen LogP) is 2.37. The van der Waals surface area contributed by atoms with E-state index in [2.05, 4.69) is 0 Å². The fraction of sp³-hybridized carbons (Fsp3) is 0.417. The van der Waals surface area contributed by atoms with E-state index in [1.165, 1.54) is 18.2 Å². The van der Waals surface area contributed by atoms with Gasteiger partial charge >= 0.3 is 5.97 Å². The van der Waals surface area contributed by atoms with Gasteiger partial charge in [0.15, 0.2) is 14.6 Å². The quantitative estimate of drug-likeness (QED) is 0.927. The molecule has 1 aliphatic rings. The summed E-state index contributed by atoms with van der Waals surface area (Å²) >= 11 is 5.88. The molecule has 0 heterocycles. The molecule has 1 N–H and O–H groups in total. The van der Waals surface area contributed by atoms with Crippen LogP contribution in [0.25, 0.3) is 0 Å². The van der Waals surface area contributed by atoms with Crippen molar-refractivity contribution < 1.29 is 18.3 Å². The Balaban J connectivity index is 2.62. The summed E-state index contributed by atoms with van der Waals surface area (Å²) in [6.45, 7) is 1.64. The Morgan fingerprint density at radius 1 is 1.44 bits per heavy atom. The van der Waals surface area contributed by atoms with E-state index in [1.54, 1.807) is 13.0 Å². The highest BCUT2D eigenvalue weighted by Crippen LogP contribution is 2.48. The number of aliphatic carboxylic acids is 1. The van der Waals surface area contributed by atoms with E-state index < -0.39 is 26.5 Å². The maximum atomic E-state index is 12.5.